The SMILES string of the molecule is COC(C(=O)O)C1(CCn2cnnn2)CC1. The van der Waals surface area contributed by atoms with Gasteiger partial charge in [-0.25, -0.2) is 9.48 Å². The van der Waals surface area contributed by atoms with Crippen molar-refractivity contribution in [2.24, 2.45) is 5.41 Å². The number of aryl methyl sites for hydroxylation is 1. The van der Waals surface area contributed by atoms with Gasteiger partial charge in [-0.05, 0) is 29.7 Å². The Morgan fingerprint density at radius 2 is 2.44 bits per heavy atom. The van der Waals surface area contributed by atoms with Crippen molar-refractivity contribution in [1.82, 2.24) is 20.2 Å². The van der Waals surface area contributed by atoms with Crippen LogP contribution in [0.5, 0.6) is 0 Å². The molecule has 2 rings (SSSR count). The minimum absolute atomic E-state index is 0.230. The minimum atomic E-state index is -0.892. The van der Waals surface area contributed by atoms with Crippen LogP contribution in [-0.2, 0) is 16.1 Å². The first-order chi connectivity index (χ1) is 7.68. The lowest BCUT2D eigenvalue weighted by Crippen LogP contribution is -2.33. The molecule has 0 amide bonds. The van der Waals surface area contributed by atoms with Crippen LogP contribution in [0, 0.1) is 5.41 Å². The van der Waals surface area contributed by atoms with E-state index < -0.39 is 12.1 Å². The van der Waals surface area contributed by atoms with E-state index in [-0.39, 0.29) is 5.41 Å². The Kier molecular flexibility index (Phi) is 2.86. The molecule has 0 spiro atoms. The molecule has 1 aromatic rings. The van der Waals surface area contributed by atoms with Gasteiger partial charge >= 0.3 is 5.97 Å². The molecule has 1 unspecified atom stereocenters. The highest BCUT2D eigenvalue weighted by Gasteiger charge is 2.52. The number of methoxy groups -OCH3 is 1. The topological polar surface area (TPSA) is 90.1 Å². The Balaban J connectivity index is 1.95. The fourth-order valence-corrected chi connectivity index (χ4v) is 2.04. The van der Waals surface area contributed by atoms with Gasteiger partial charge in [0.15, 0.2) is 6.10 Å². The number of nitrogens with zero attached hydrogens (tertiary/aromatic N) is 4. The molecule has 1 atom stereocenters. The van der Waals surface area contributed by atoms with E-state index in [1.54, 1.807) is 4.68 Å². The molecular formula is C9H14N4O3. The second-order valence-corrected chi connectivity index (χ2v) is 4.14. The third kappa shape index (κ3) is 2.04. The first-order valence-corrected chi connectivity index (χ1v) is 5.14. The molecule has 0 aromatic carbocycles. The number of carboxylic acids is 1. The fraction of sp³-hybridized carbons (Fsp3) is 0.778. The smallest absolute Gasteiger partial charge is 0.333 e. The van der Waals surface area contributed by atoms with Crippen LogP contribution in [0.3, 0.4) is 0 Å². The summed E-state index contributed by atoms with van der Waals surface area (Å²) in [7, 11) is 1.44. The van der Waals surface area contributed by atoms with Crippen LogP contribution in [-0.4, -0.2) is 44.5 Å². The lowest BCUT2D eigenvalue weighted by molar-refractivity contribution is -0.153. The molecule has 1 aromatic heterocycles. The molecule has 0 aliphatic heterocycles. The fourth-order valence-electron chi connectivity index (χ4n) is 2.04. The van der Waals surface area contributed by atoms with Crippen molar-refractivity contribution >= 4 is 5.97 Å². The van der Waals surface area contributed by atoms with E-state index in [1.807, 2.05) is 0 Å². The number of carboxylic acid groups (broad SMARTS) is 1. The Bertz CT molecular complexity index is 361. The summed E-state index contributed by atoms with van der Waals surface area (Å²) in [6.45, 7) is 0.625. The summed E-state index contributed by atoms with van der Waals surface area (Å²) in [6.07, 6.45) is 3.31. The third-order valence-corrected chi connectivity index (χ3v) is 3.14. The lowest BCUT2D eigenvalue weighted by Gasteiger charge is -2.21. The molecule has 1 aliphatic carbocycles. The Labute approximate surface area is 92.4 Å². The molecule has 1 heterocycles. The maximum Gasteiger partial charge on any atom is 0.333 e. The van der Waals surface area contributed by atoms with E-state index in [4.69, 9.17) is 9.84 Å². The van der Waals surface area contributed by atoms with Crippen LogP contribution >= 0.6 is 0 Å². The zero-order chi connectivity index (χ0) is 11.6. The summed E-state index contributed by atoms with van der Waals surface area (Å²) >= 11 is 0. The van der Waals surface area contributed by atoms with E-state index in [9.17, 15) is 4.79 Å². The van der Waals surface area contributed by atoms with Gasteiger partial charge < -0.3 is 9.84 Å². The zero-order valence-corrected chi connectivity index (χ0v) is 9.04. The Hall–Kier alpha value is -1.50. The third-order valence-electron chi connectivity index (χ3n) is 3.14. The Morgan fingerprint density at radius 3 is 2.88 bits per heavy atom. The molecule has 0 saturated heterocycles. The number of aliphatic carboxylic acids is 1. The van der Waals surface area contributed by atoms with Crippen molar-refractivity contribution in [3.05, 3.63) is 6.33 Å². The molecule has 7 heteroatoms. The van der Waals surface area contributed by atoms with Crippen molar-refractivity contribution in [1.29, 1.82) is 0 Å². The summed E-state index contributed by atoms with van der Waals surface area (Å²) in [6, 6.07) is 0. The van der Waals surface area contributed by atoms with E-state index >= 15 is 0 Å². The van der Waals surface area contributed by atoms with Gasteiger partial charge in [-0.2, -0.15) is 0 Å². The van der Waals surface area contributed by atoms with Gasteiger partial charge in [0, 0.05) is 19.1 Å². The highest BCUT2D eigenvalue weighted by molar-refractivity contribution is 5.74. The van der Waals surface area contributed by atoms with E-state index in [0.717, 1.165) is 19.3 Å². The number of aromatic nitrogens is 4. The summed E-state index contributed by atoms with van der Waals surface area (Å²) in [5, 5.41) is 19.8. The van der Waals surface area contributed by atoms with Gasteiger partial charge in [-0.15, -0.1) is 5.10 Å². The summed E-state index contributed by atoms with van der Waals surface area (Å²) in [4.78, 5) is 11.0. The maximum absolute atomic E-state index is 11.0. The molecular weight excluding hydrogens is 212 g/mol. The standard InChI is InChI=1S/C9H14N4O3/c1-16-7(8(14)15)9(2-3-9)4-5-13-6-10-11-12-13/h6-7H,2-5H2,1H3,(H,14,15). The van der Waals surface area contributed by atoms with Crippen LogP contribution in [0.4, 0.5) is 0 Å². The van der Waals surface area contributed by atoms with Crippen LogP contribution in [0.1, 0.15) is 19.3 Å². The monoisotopic (exact) mass is 226 g/mol. The molecule has 1 aliphatic rings. The van der Waals surface area contributed by atoms with E-state index in [0.29, 0.717) is 6.54 Å². The van der Waals surface area contributed by atoms with Crippen molar-refractivity contribution in [3.63, 3.8) is 0 Å². The second kappa shape index (κ2) is 4.17. The maximum atomic E-state index is 11.0. The van der Waals surface area contributed by atoms with Gasteiger partial charge in [0.2, 0.25) is 0 Å². The highest BCUT2D eigenvalue weighted by atomic mass is 16.5. The highest BCUT2D eigenvalue weighted by Crippen LogP contribution is 2.53. The summed E-state index contributed by atoms with van der Waals surface area (Å²) < 4.78 is 6.65. The van der Waals surface area contributed by atoms with Crippen LogP contribution in [0.15, 0.2) is 6.33 Å². The zero-order valence-electron chi connectivity index (χ0n) is 9.04. The average Bonchev–Trinajstić information content (AvgIpc) is 2.84. The minimum Gasteiger partial charge on any atom is -0.479 e. The van der Waals surface area contributed by atoms with Gasteiger partial charge in [0.1, 0.15) is 6.33 Å². The van der Waals surface area contributed by atoms with E-state index in [2.05, 4.69) is 15.5 Å². The second-order valence-electron chi connectivity index (χ2n) is 4.14. The van der Waals surface area contributed by atoms with Gasteiger partial charge in [-0.1, -0.05) is 0 Å². The van der Waals surface area contributed by atoms with Crippen molar-refractivity contribution in [2.45, 2.75) is 31.9 Å². The number of ether oxygens (including phenoxy) is 1. The molecule has 1 saturated carbocycles. The number of tetrazole rings is 1. The summed E-state index contributed by atoms with van der Waals surface area (Å²) in [5.41, 5.74) is -0.230. The van der Waals surface area contributed by atoms with Gasteiger partial charge in [-0.3, -0.25) is 0 Å². The lowest BCUT2D eigenvalue weighted by atomic mass is 9.95. The molecule has 16 heavy (non-hydrogen) atoms. The molecule has 7 nitrogen and oxygen atoms in total. The van der Waals surface area contributed by atoms with Gasteiger partial charge in [0.05, 0.1) is 0 Å². The predicted octanol–water partition coefficient (Wildman–Crippen LogP) is -0.0570. The number of carbonyl (C=O) groups is 1. The van der Waals surface area contributed by atoms with Crippen LogP contribution in [0.2, 0.25) is 0 Å². The number of hydrogen-bond acceptors (Lipinski definition) is 5. The largest absolute Gasteiger partial charge is 0.479 e. The quantitative estimate of drug-likeness (QED) is 0.731. The normalized spacial score (nSPS) is 19.3. The van der Waals surface area contributed by atoms with Crippen molar-refractivity contribution in [3.8, 4) is 0 Å². The van der Waals surface area contributed by atoms with Crippen LogP contribution in [0.25, 0.3) is 0 Å². The number of rotatable bonds is 6. The average molecular weight is 226 g/mol. The predicted molar refractivity (Wildman–Crippen MR) is 52.5 cm³/mol. The van der Waals surface area contributed by atoms with E-state index in [1.165, 1.54) is 13.4 Å². The Morgan fingerprint density at radius 1 is 1.69 bits per heavy atom. The summed E-state index contributed by atoms with van der Waals surface area (Å²) in [5.74, 6) is -0.892. The van der Waals surface area contributed by atoms with Crippen molar-refractivity contribution < 1.29 is 14.6 Å². The molecule has 1 N–H and O–H groups in total. The molecule has 0 bridgehead atoms. The molecule has 0 radical (unpaired) electrons. The number of hydrogen-bond donors (Lipinski definition) is 1. The molecule has 1 fully saturated rings. The van der Waals surface area contributed by atoms with Gasteiger partial charge in [0.25, 0.3) is 0 Å². The van der Waals surface area contributed by atoms with Crippen molar-refractivity contribution in [2.75, 3.05) is 7.11 Å². The first-order valence-electron chi connectivity index (χ1n) is 5.14. The molecule has 88 valence electrons. The van der Waals surface area contributed by atoms with Crippen LogP contribution < -0.4 is 0 Å². The first kappa shape index (κ1) is 11.0.